The highest BCUT2D eigenvalue weighted by Crippen LogP contribution is 2.07. The monoisotopic (exact) mass is 227 g/mol. The molecule has 0 aromatic heterocycles. The molecule has 16 heavy (non-hydrogen) atoms. The van der Waals surface area contributed by atoms with Crippen molar-refractivity contribution in [2.75, 3.05) is 6.54 Å². The van der Waals surface area contributed by atoms with Crippen molar-refractivity contribution in [2.24, 2.45) is 0 Å². The third kappa shape index (κ3) is 10.5. The highest BCUT2D eigenvalue weighted by Gasteiger charge is 2.04. The molecule has 0 unspecified atom stereocenters. The zero-order valence-corrected chi connectivity index (χ0v) is 11.9. The fourth-order valence-corrected chi connectivity index (χ4v) is 2.26. The Morgan fingerprint density at radius 2 is 1.25 bits per heavy atom. The third-order valence-electron chi connectivity index (χ3n) is 3.24. The molecule has 0 spiro atoms. The van der Waals surface area contributed by atoms with Crippen molar-refractivity contribution in [3.63, 3.8) is 0 Å². The average Bonchev–Trinajstić information content (AvgIpc) is 2.28. The van der Waals surface area contributed by atoms with E-state index >= 15 is 0 Å². The smallest absolute Gasteiger partial charge is 0.00668 e. The van der Waals surface area contributed by atoms with Gasteiger partial charge in [-0.2, -0.15) is 0 Å². The normalized spacial score (nSPS) is 11.2. The summed E-state index contributed by atoms with van der Waals surface area (Å²) < 4.78 is 0. The van der Waals surface area contributed by atoms with Gasteiger partial charge in [0.2, 0.25) is 0 Å². The van der Waals surface area contributed by atoms with E-state index in [0.717, 1.165) is 6.04 Å². The molecule has 0 radical (unpaired) electrons. The molecular formula is C15H33N. The lowest BCUT2D eigenvalue weighted by molar-refractivity contribution is 0.434. The first-order valence-corrected chi connectivity index (χ1v) is 7.58. The van der Waals surface area contributed by atoms with E-state index in [2.05, 4.69) is 26.1 Å². The van der Waals surface area contributed by atoms with Crippen molar-refractivity contribution in [2.45, 2.75) is 91.0 Å². The summed E-state index contributed by atoms with van der Waals surface area (Å²) in [6.45, 7) is 8.09. The number of rotatable bonds is 12. The molecular weight excluding hydrogens is 194 g/mol. The number of unbranched alkanes of at least 4 members (excludes halogenated alkanes) is 5. The Kier molecular flexibility index (Phi) is 13.0. The van der Waals surface area contributed by atoms with Crippen LogP contribution in [0.2, 0.25) is 0 Å². The van der Waals surface area contributed by atoms with Crippen molar-refractivity contribution in [1.29, 1.82) is 0 Å². The van der Waals surface area contributed by atoms with Gasteiger partial charge >= 0.3 is 0 Å². The van der Waals surface area contributed by atoms with Crippen LogP contribution >= 0.6 is 0 Å². The van der Waals surface area contributed by atoms with Crippen molar-refractivity contribution in [3.8, 4) is 0 Å². The highest BCUT2D eigenvalue weighted by atomic mass is 14.9. The van der Waals surface area contributed by atoms with Gasteiger partial charge < -0.3 is 5.32 Å². The Hall–Kier alpha value is -0.0400. The molecule has 0 rings (SSSR count). The van der Waals surface area contributed by atoms with E-state index in [1.807, 2.05) is 0 Å². The SMILES string of the molecule is CCCCCCCCNC(CCC)CCC. The average molecular weight is 227 g/mol. The highest BCUT2D eigenvalue weighted by molar-refractivity contribution is 4.65. The van der Waals surface area contributed by atoms with Gasteiger partial charge in [0.1, 0.15) is 0 Å². The first-order chi connectivity index (χ1) is 7.85. The van der Waals surface area contributed by atoms with E-state index in [1.54, 1.807) is 0 Å². The van der Waals surface area contributed by atoms with Crippen LogP contribution in [0.15, 0.2) is 0 Å². The lowest BCUT2D eigenvalue weighted by Crippen LogP contribution is -2.29. The van der Waals surface area contributed by atoms with Crippen LogP contribution in [0, 0.1) is 0 Å². The van der Waals surface area contributed by atoms with Crippen molar-refractivity contribution < 1.29 is 0 Å². The van der Waals surface area contributed by atoms with Gasteiger partial charge in [0, 0.05) is 6.04 Å². The number of hydrogen-bond acceptors (Lipinski definition) is 1. The van der Waals surface area contributed by atoms with Crippen molar-refractivity contribution in [1.82, 2.24) is 5.32 Å². The summed E-state index contributed by atoms with van der Waals surface area (Å²) in [4.78, 5) is 0. The first kappa shape index (κ1) is 16.0. The molecule has 0 aromatic rings. The number of hydrogen-bond donors (Lipinski definition) is 1. The van der Waals surface area contributed by atoms with Gasteiger partial charge in [-0.3, -0.25) is 0 Å². The maximum absolute atomic E-state index is 3.71. The lowest BCUT2D eigenvalue weighted by Gasteiger charge is -2.17. The first-order valence-electron chi connectivity index (χ1n) is 7.58. The number of nitrogens with one attached hydrogen (secondary N) is 1. The third-order valence-corrected chi connectivity index (χ3v) is 3.24. The van der Waals surface area contributed by atoms with Gasteiger partial charge in [-0.25, -0.2) is 0 Å². The molecule has 0 aliphatic heterocycles. The molecule has 98 valence electrons. The van der Waals surface area contributed by atoms with Gasteiger partial charge in [0.25, 0.3) is 0 Å². The summed E-state index contributed by atoms with van der Waals surface area (Å²) in [5, 5.41) is 3.71. The minimum absolute atomic E-state index is 0.783. The van der Waals surface area contributed by atoms with Gasteiger partial charge in [-0.1, -0.05) is 65.7 Å². The summed E-state index contributed by atoms with van der Waals surface area (Å²) in [5.74, 6) is 0. The summed E-state index contributed by atoms with van der Waals surface area (Å²) >= 11 is 0. The van der Waals surface area contributed by atoms with Gasteiger partial charge in [-0.05, 0) is 25.8 Å². The molecule has 0 aliphatic rings. The van der Waals surface area contributed by atoms with Crippen LogP contribution in [-0.2, 0) is 0 Å². The van der Waals surface area contributed by atoms with Crippen LogP contribution < -0.4 is 5.32 Å². The lowest BCUT2D eigenvalue weighted by atomic mass is 10.1. The van der Waals surface area contributed by atoms with Crippen LogP contribution in [0.1, 0.15) is 85.0 Å². The second kappa shape index (κ2) is 13.0. The predicted molar refractivity (Wildman–Crippen MR) is 75.0 cm³/mol. The second-order valence-corrected chi connectivity index (χ2v) is 5.00. The minimum atomic E-state index is 0.783. The van der Waals surface area contributed by atoms with Crippen LogP contribution in [0.3, 0.4) is 0 Å². The Balaban J connectivity index is 3.25. The van der Waals surface area contributed by atoms with Crippen molar-refractivity contribution >= 4 is 0 Å². The van der Waals surface area contributed by atoms with Gasteiger partial charge in [-0.15, -0.1) is 0 Å². The van der Waals surface area contributed by atoms with Crippen molar-refractivity contribution in [3.05, 3.63) is 0 Å². The Morgan fingerprint density at radius 3 is 1.81 bits per heavy atom. The molecule has 0 amide bonds. The molecule has 1 heteroatoms. The molecule has 0 bridgehead atoms. The van der Waals surface area contributed by atoms with E-state index in [-0.39, 0.29) is 0 Å². The molecule has 0 atom stereocenters. The zero-order chi connectivity index (χ0) is 12.1. The predicted octanol–water partition coefficient (Wildman–Crippen LogP) is 4.91. The Labute approximate surface area is 103 Å². The maximum atomic E-state index is 3.71. The molecule has 0 fully saturated rings. The van der Waals surface area contributed by atoms with Gasteiger partial charge in [0.15, 0.2) is 0 Å². The van der Waals surface area contributed by atoms with Crippen LogP contribution in [0.5, 0.6) is 0 Å². The van der Waals surface area contributed by atoms with Crippen LogP contribution in [0.25, 0.3) is 0 Å². The molecule has 1 N–H and O–H groups in total. The summed E-state index contributed by atoms with van der Waals surface area (Å²) in [5.41, 5.74) is 0. The van der Waals surface area contributed by atoms with Gasteiger partial charge in [0.05, 0.1) is 0 Å². The largest absolute Gasteiger partial charge is 0.314 e. The summed E-state index contributed by atoms with van der Waals surface area (Å²) in [6.07, 6.45) is 13.8. The second-order valence-electron chi connectivity index (χ2n) is 5.00. The Morgan fingerprint density at radius 1 is 0.688 bits per heavy atom. The van der Waals surface area contributed by atoms with E-state index in [1.165, 1.54) is 70.8 Å². The van der Waals surface area contributed by atoms with Crippen LogP contribution in [-0.4, -0.2) is 12.6 Å². The minimum Gasteiger partial charge on any atom is -0.314 e. The van der Waals surface area contributed by atoms with E-state index in [4.69, 9.17) is 0 Å². The van der Waals surface area contributed by atoms with E-state index < -0.39 is 0 Å². The molecule has 0 saturated heterocycles. The zero-order valence-electron chi connectivity index (χ0n) is 11.9. The Bertz CT molecular complexity index is 117. The quantitative estimate of drug-likeness (QED) is 0.467. The molecule has 0 saturated carbocycles. The maximum Gasteiger partial charge on any atom is 0.00668 e. The fourth-order valence-electron chi connectivity index (χ4n) is 2.26. The molecule has 1 nitrogen and oxygen atoms in total. The van der Waals surface area contributed by atoms with E-state index in [9.17, 15) is 0 Å². The van der Waals surface area contributed by atoms with E-state index in [0.29, 0.717) is 0 Å². The topological polar surface area (TPSA) is 12.0 Å². The summed E-state index contributed by atoms with van der Waals surface area (Å²) in [7, 11) is 0. The fraction of sp³-hybridized carbons (Fsp3) is 1.00. The summed E-state index contributed by atoms with van der Waals surface area (Å²) in [6, 6.07) is 0.783. The molecule has 0 aromatic carbocycles. The van der Waals surface area contributed by atoms with Crippen LogP contribution in [0.4, 0.5) is 0 Å². The molecule has 0 heterocycles. The standard InChI is InChI=1S/C15H33N/c1-4-7-8-9-10-11-14-16-15(12-5-2)13-6-3/h15-16H,4-14H2,1-3H3. The molecule has 0 aliphatic carbocycles.